The summed E-state index contributed by atoms with van der Waals surface area (Å²) < 4.78 is 36.3. The van der Waals surface area contributed by atoms with Crippen LogP contribution in [-0.2, 0) is 0 Å². The van der Waals surface area contributed by atoms with Crippen LogP contribution in [0.4, 0.5) is 13.2 Å². The van der Waals surface area contributed by atoms with E-state index in [9.17, 15) is 13.2 Å². The van der Waals surface area contributed by atoms with Crippen molar-refractivity contribution in [3.63, 3.8) is 0 Å². The Bertz CT molecular complexity index is 158. The van der Waals surface area contributed by atoms with Crippen molar-refractivity contribution in [1.29, 1.82) is 0 Å². The molecule has 1 aliphatic heterocycles. The van der Waals surface area contributed by atoms with Crippen molar-refractivity contribution >= 4 is 0 Å². The van der Waals surface area contributed by atoms with Crippen molar-refractivity contribution in [2.45, 2.75) is 25.6 Å². The number of rotatable bonds is 2. The molecule has 0 bridgehead atoms. The minimum Gasteiger partial charge on any atom is -0.314 e. The topological polar surface area (TPSA) is 15.3 Å². The van der Waals surface area contributed by atoms with E-state index in [1.165, 1.54) is 0 Å². The molecular weight excluding hydrogens is 181 g/mol. The highest BCUT2D eigenvalue weighted by atomic mass is 19.4. The zero-order valence-corrected chi connectivity index (χ0v) is 7.69. The summed E-state index contributed by atoms with van der Waals surface area (Å²) in [6.07, 6.45) is -4.75. The van der Waals surface area contributed by atoms with Crippen LogP contribution in [0.5, 0.6) is 0 Å². The van der Waals surface area contributed by atoms with E-state index >= 15 is 0 Å². The highest BCUT2D eigenvalue weighted by molar-refractivity contribution is 4.80. The second-order valence-corrected chi connectivity index (χ2v) is 3.31. The summed E-state index contributed by atoms with van der Waals surface area (Å²) >= 11 is 0. The SMILES string of the molecule is CCN1CCNCC1CC(F)(F)F. The Balaban J connectivity index is 2.45. The van der Waals surface area contributed by atoms with Crippen molar-refractivity contribution in [1.82, 2.24) is 10.2 Å². The zero-order chi connectivity index (χ0) is 9.90. The summed E-state index contributed by atoms with van der Waals surface area (Å²) in [6, 6.07) is -0.376. The maximum absolute atomic E-state index is 12.1. The van der Waals surface area contributed by atoms with Gasteiger partial charge in [-0.15, -0.1) is 0 Å². The molecule has 1 fully saturated rings. The quantitative estimate of drug-likeness (QED) is 0.714. The Morgan fingerprint density at radius 1 is 1.46 bits per heavy atom. The molecule has 1 N–H and O–H groups in total. The number of likely N-dealkylation sites (N-methyl/N-ethyl adjacent to an activating group) is 1. The van der Waals surface area contributed by atoms with Gasteiger partial charge >= 0.3 is 6.18 Å². The summed E-state index contributed by atoms with van der Waals surface area (Å²) in [5.41, 5.74) is 0. The van der Waals surface area contributed by atoms with Crippen molar-refractivity contribution in [2.24, 2.45) is 0 Å². The van der Waals surface area contributed by atoms with Gasteiger partial charge in [-0.25, -0.2) is 0 Å². The first-order valence-corrected chi connectivity index (χ1v) is 4.54. The molecule has 0 aromatic heterocycles. The van der Waals surface area contributed by atoms with E-state index in [1.807, 2.05) is 11.8 Å². The van der Waals surface area contributed by atoms with Gasteiger partial charge in [0.2, 0.25) is 0 Å². The fraction of sp³-hybridized carbons (Fsp3) is 1.00. The second-order valence-electron chi connectivity index (χ2n) is 3.31. The third-order valence-electron chi connectivity index (χ3n) is 2.35. The summed E-state index contributed by atoms with van der Waals surface area (Å²) in [7, 11) is 0. The van der Waals surface area contributed by atoms with Crippen LogP contribution >= 0.6 is 0 Å². The van der Waals surface area contributed by atoms with Crippen LogP contribution in [0, 0.1) is 0 Å². The third kappa shape index (κ3) is 3.52. The zero-order valence-electron chi connectivity index (χ0n) is 7.69. The molecule has 0 spiro atoms. The Morgan fingerprint density at radius 2 is 2.15 bits per heavy atom. The molecule has 0 aliphatic carbocycles. The lowest BCUT2D eigenvalue weighted by molar-refractivity contribution is -0.148. The van der Waals surface area contributed by atoms with Crippen LogP contribution in [0.1, 0.15) is 13.3 Å². The first kappa shape index (κ1) is 10.8. The van der Waals surface area contributed by atoms with Gasteiger partial charge in [-0.3, -0.25) is 4.90 Å². The van der Waals surface area contributed by atoms with E-state index in [0.717, 1.165) is 13.1 Å². The monoisotopic (exact) mass is 196 g/mol. The van der Waals surface area contributed by atoms with E-state index in [0.29, 0.717) is 13.1 Å². The van der Waals surface area contributed by atoms with Gasteiger partial charge in [0, 0.05) is 25.7 Å². The lowest BCUT2D eigenvalue weighted by Gasteiger charge is -2.35. The normalized spacial score (nSPS) is 26.3. The van der Waals surface area contributed by atoms with Crippen LogP contribution in [-0.4, -0.2) is 43.3 Å². The Morgan fingerprint density at radius 3 is 2.69 bits per heavy atom. The average Bonchev–Trinajstić information content (AvgIpc) is 2.02. The van der Waals surface area contributed by atoms with E-state index in [-0.39, 0.29) is 6.04 Å². The average molecular weight is 196 g/mol. The number of nitrogens with one attached hydrogen (secondary N) is 1. The summed E-state index contributed by atoms with van der Waals surface area (Å²) in [5.74, 6) is 0. The standard InChI is InChI=1S/C8H15F3N2/c1-2-13-4-3-12-6-7(13)5-8(9,10)11/h7,12H,2-6H2,1H3. The summed E-state index contributed by atoms with van der Waals surface area (Å²) in [5, 5.41) is 2.98. The molecule has 5 heteroatoms. The predicted octanol–water partition coefficient (Wildman–Crippen LogP) is 1.23. The van der Waals surface area contributed by atoms with Crippen LogP contribution < -0.4 is 5.32 Å². The third-order valence-corrected chi connectivity index (χ3v) is 2.35. The molecule has 0 amide bonds. The second kappa shape index (κ2) is 4.28. The maximum Gasteiger partial charge on any atom is 0.390 e. The molecule has 0 aromatic rings. The Hall–Kier alpha value is -0.290. The number of nitrogens with zero attached hydrogens (tertiary/aromatic N) is 1. The molecule has 2 nitrogen and oxygen atoms in total. The summed E-state index contributed by atoms with van der Waals surface area (Å²) in [6.45, 7) is 4.56. The van der Waals surface area contributed by atoms with Gasteiger partial charge in [0.05, 0.1) is 6.42 Å². The molecule has 1 rings (SSSR count). The van der Waals surface area contributed by atoms with Crippen LogP contribution in [0.3, 0.4) is 0 Å². The number of alkyl halides is 3. The molecule has 1 heterocycles. The number of piperazine rings is 1. The molecule has 1 atom stereocenters. The lowest BCUT2D eigenvalue weighted by atomic mass is 10.1. The highest BCUT2D eigenvalue weighted by Gasteiger charge is 2.35. The van der Waals surface area contributed by atoms with Crippen LogP contribution in [0.25, 0.3) is 0 Å². The summed E-state index contributed by atoms with van der Waals surface area (Å²) in [4.78, 5) is 1.88. The highest BCUT2D eigenvalue weighted by Crippen LogP contribution is 2.24. The van der Waals surface area contributed by atoms with Crippen molar-refractivity contribution in [2.75, 3.05) is 26.2 Å². The van der Waals surface area contributed by atoms with Crippen LogP contribution in [0.2, 0.25) is 0 Å². The van der Waals surface area contributed by atoms with Crippen molar-refractivity contribution in [3.8, 4) is 0 Å². The molecule has 78 valence electrons. The largest absolute Gasteiger partial charge is 0.390 e. The van der Waals surface area contributed by atoms with Gasteiger partial charge in [-0.05, 0) is 6.54 Å². The maximum atomic E-state index is 12.1. The van der Waals surface area contributed by atoms with Gasteiger partial charge in [0.1, 0.15) is 0 Å². The molecule has 13 heavy (non-hydrogen) atoms. The molecular formula is C8H15F3N2. The van der Waals surface area contributed by atoms with Gasteiger partial charge in [-0.1, -0.05) is 6.92 Å². The Kier molecular flexibility index (Phi) is 3.55. The van der Waals surface area contributed by atoms with Crippen molar-refractivity contribution < 1.29 is 13.2 Å². The number of hydrogen-bond acceptors (Lipinski definition) is 2. The van der Waals surface area contributed by atoms with Gasteiger partial charge in [0.15, 0.2) is 0 Å². The van der Waals surface area contributed by atoms with Crippen LogP contribution in [0.15, 0.2) is 0 Å². The van der Waals surface area contributed by atoms with E-state index in [4.69, 9.17) is 0 Å². The minimum absolute atomic E-state index is 0.376. The molecule has 0 radical (unpaired) electrons. The van der Waals surface area contributed by atoms with E-state index in [2.05, 4.69) is 5.32 Å². The molecule has 0 saturated carbocycles. The predicted molar refractivity (Wildman–Crippen MR) is 44.6 cm³/mol. The van der Waals surface area contributed by atoms with Crippen molar-refractivity contribution in [3.05, 3.63) is 0 Å². The van der Waals surface area contributed by atoms with E-state index in [1.54, 1.807) is 0 Å². The first-order chi connectivity index (χ1) is 6.03. The van der Waals surface area contributed by atoms with Gasteiger partial charge in [0.25, 0.3) is 0 Å². The molecule has 1 aliphatic rings. The molecule has 1 unspecified atom stereocenters. The van der Waals surface area contributed by atoms with Gasteiger partial charge < -0.3 is 5.32 Å². The van der Waals surface area contributed by atoms with E-state index < -0.39 is 12.6 Å². The smallest absolute Gasteiger partial charge is 0.314 e. The van der Waals surface area contributed by atoms with Gasteiger partial charge in [-0.2, -0.15) is 13.2 Å². The fourth-order valence-corrected chi connectivity index (χ4v) is 1.69. The molecule has 0 aromatic carbocycles. The Labute approximate surface area is 76.1 Å². The fourth-order valence-electron chi connectivity index (χ4n) is 1.69. The lowest BCUT2D eigenvalue weighted by Crippen LogP contribution is -2.52. The number of halogens is 3. The number of hydrogen-bond donors (Lipinski definition) is 1. The first-order valence-electron chi connectivity index (χ1n) is 4.54. The molecule has 1 saturated heterocycles. The minimum atomic E-state index is -4.04.